The van der Waals surface area contributed by atoms with Gasteiger partial charge in [0.15, 0.2) is 12.0 Å². The Morgan fingerprint density at radius 1 is 0.639 bits per heavy atom. The van der Waals surface area contributed by atoms with E-state index >= 15 is 0 Å². The molecule has 4 aromatic carbocycles. The highest BCUT2D eigenvalue weighted by atomic mass is 19.3. The lowest BCUT2D eigenvalue weighted by Gasteiger charge is -2.41. The van der Waals surface area contributed by atoms with E-state index in [4.69, 9.17) is 0 Å². The van der Waals surface area contributed by atoms with E-state index in [9.17, 15) is 22.8 Å². The molecule has 5 atom stereocenters. The van der Waals surface area contributed by atoms with Crippen molar-refractivity contribution in [3.05, 3.63) is 118 Å². The molecule has 0 spiro atoms. The Labute approximate surface area is 358 Å². The molecule has 2 saturated heterocycles. The molecule has 0 saturated carbocycles. The van der Waals surface area contributed by atoms with Gasteiger partial charge in [-0.2, -0.15) is 8.78 Å². The van der Waals surface area contributed by atoms with E-state index in [0.717, 1.165) is 76.3 Å². The molecule has 0 N–H and O–H groups in total. The van der Waals surface area contributed by atoms with Crippen LogP contribution < -0.4 is 19.6 Å². The van der Waals surface area contributed by atoms with Crippen LogP contribution in [0.2, 0.25) is 0 Å². The highest BCUT2D eigenvalue weighted by Gasteiger charge is 2.47. The van der Waals surface area contributed by atoms with Crippen LogP contribution in [0.5, 0.6) is 0 Å². The van der Waals surface area contributed by atoms with Gasteiger partial charge in [0.05, 0.1) is 22.7 Å². The predicted octanol–water partition coefficient (Wildman–Crippen LogP) is 8.36. The van der Waals surface area contributed by atoms with E-state index in [1.165, 1.54) is 46.0 Å². The van der Waals surface area contributed by atoms with Crippen molar-refractivity contribution in [1.82, 2.24) is 9.80 Å². The molecule has 6 heterocycles. The third-order valence-electron chi connectivity index (χ3n) is 14.5. The van der Waals surface area contributed by atoms with Crippen LogP contribution in [0.15, 0.2) is 84.9 Å². The number of alkyl halides is 3. The minimum atomic E-state index is -3.34. The first kappa shape index (κ1) is 41.5. The van der Waals surface area contributed by atoms with Crippen LogP contribution in [0.1, 0.15) is 80.5 Å². The lowest BCUT2D eigenvalue weighted by Crippen LogP contribution is -2.49. The zero-order valence-electron chi connectivity index (χ0n) is 36.0. The summed E-state index contributed by atoms with van der Waals surface area (Å²) in [7, 11) is 4.31. The number of likely N-dealkylation sites (tertiary alicyclic amines) is 2. The Hall–Kier alpha value is -4.87. The minimum absolute atomic E-state index is 0.0877. The summed E-state index contributed by atoms with van der Waals surface area (Å²) < 4.78 is 44.1. The number of Topliss-reactive ketones (excluding diaryl/α,β-unsaturated/α-hetero) is 2. The Morgan fingerprint density at radius 2 is 1.11 bits per heavy atom. The molecular weight excluding hydrogens is 774 g/mol. The molecule has 0 aliphatic carbocycles. The van der Waals surface area contributed by atoms with Gasteiger partial charge in [-0.1, -0.05) is 83.9 Å². The molecule has 0 amide bonds. The average molecular weight is 833 g/mol. The number of hydrogen-bond acceptors (Lipinski definition) is 8. The number of halogens is 3. The Morgan fingerprint density at radius 3 is 1.62 bits per heavy atom. The van der Waals surface area contributed by atoms with Gasteiger partial charge in [0.25, 0.3) is 0 Å². The number of hydrogen-bond donors (Lipinski definition) is 0. The fraction of sp³-hybridized carbons (Fsp3) is 0.480. The van der Waals surface area contributed by atoms with Gasteiger partial charge in [-0.3, -0.25) is 9.59 Å². The van der Waals surface area contributed by atoms with Crippen molar-refractivity contribution in [2.24, 2.45) is 0 Å². The van der Waals surface area contributed by atoms with Crippen LogP contribution >= 0.6 is 0 Å². The molecule has 61 heavy (non-hydrogen) atoms. The van der Waals surface area contributed by atoms with E-state index in [1.807, 2.05) is 26.0 Å². The van der Waals surface area contributed by atoms with Crippen molar-refractivity contribution in [1.29, 1.82) is 0 Å². The number of piperidine rings is 2. The van der Waals surface area contributed by atoms with E-state index < -0.39 is 24.3 Å². The molecule has 6 aliphatic rings. The van der Waals surface area contributed by atoms with Crippen molar-refractivity contribution >= 4 is 34.3 Å². The fourth-order valence-corrected chi connectivity index (χ4v) is 11.0. The SMILES string of the molecule is Cc1ccc(C(=O)C(F)(F)CCN2CC[C@H]3[C@@H](C2)c2cccc4c2N3CCN4C)cc1.Cc1ccc(C(=O)C(F)CCN2CC[C@H]3[C@@H](C2)c2cccc4c2N3CCN4C)cc1. The van der Waals surface area contributed by atoms with Crippen molar-refractivity contribution in [3.8, 4) is 0 Å². The predicted molar refractivity (Wildman–Crippen MR) is 239 cm³/mol. The smallest absolute Gasteiger partial charge is 0.310 e. The summed E-state index contributed by atoms with van der Waals surface area (Å²) in [5, 5.41) is 0. The maximum Gasteiger partial charge on any atom is 0.310 e. The Bertz CT molecular complexity index is 2250. The molecule has 322 valence electrons. The first-order valence-corrected chi connectivity index (χ1v) is 22.3. The molecule has 1 unspecified atom stereocenters. The molecule has 0 aromatic heterocycles. The van der Waals surface area contributed by atoms with Crippen molar-refractivity contribution in [2.75, 3.05) is 99.1 Å². The standard InChI is InChI=1S/C25H29F2N3O.C25H30FN3O/c1-17-6-8-18(9-7-17)24(31)25(26,27)11-13-29-12-10-21-20(16-29)19-4-3-5-22-23(19)30(21)15-14-28(22)2;1-17-6-8-18(9-7-17)25(30)21(26)10-12-28-13-11-22-20(16-28)19-4-3-5-23-24(19)29(22)15-14-27(23)2/h3-9,20-21H,10-16H2,1-2H3;3-9,20-22H,10-16H2,1-2H3/t20-,21-;20-,21?,22-/m00/s1. The first-order valence-electron chi connectivity index (χ1n) is 22.3. The van der Waals surface area contributed by atoms with E-state index in [-0.39, 0.29) is 24.3 Å². The van der Waals surface area contributed by atoms with Gasteiger partial charge in [0.2, 0.25) is 5.78 Å². The summed E-state index contributed by atoms with van der Waals surface area (Å²) in [6.45, 7) is 12.4. The highest BCUT2D eigenvalue weighted by Crippen LogP contribution is 2.52. The summed E-state index contributed by atoms with van der Waals surface area (Å²) in [6, 6.07) is 27.8. The normalized spacial score (nSPS) is 23.4. The van der Waals surface area contributed by atoms with Crippen LogP contribution in [0.3, 0.4) is 0 Å². The van der Waals surface area contributed by atoms with Gasteiger partial charge in [-0.15, -0.1) is 0 Å². The van der Waals surface area contributed by atoms with Crippen molar-refractivity contribution in [2.45, 2.75) is 75.5 Å². The van der Waals surface area contributed by atoms with Gasteiger partial charge in [0, 0.05) is 121 Å². The first-order chi connectivity index (χ1) is 29.4. The van der Waals surface area contributed by atoms with E-state index in [0.29, 0.717) is 36.0 Å². The second kappa shape index (κ2) is 16.8. The second-order valence-electron chi connectivity index (χ2n) is 18.3. The topological polar surface area (TPSA) is 53.6 Å². The summed E-state index contributed by atoms with van der Waals surface area (Å²) >= 11 is 0. The monoisotopic (exact) mass is 832 g/mol. The van der Waals surface area contributed by atoms with Gasteiger partial charge in [-0.25, -0.2) is 4.39 Å². The number of benzene rings is 4. The van der Waals surface area contributed by atoms with Gasteiger partial charge in [0.1, 0.15) is 0 Å². The third-order valence-corrected chi connectivity index (χ3v) is 14.5. The number of nitrogens with zero attached hydrogens (tertiary/aromatic N) is 6. The molecule has 11 heteroatoms. The summed E-state index contributed by atoms with van der Waals surface area (Å²) in [5.41, 5.74) is 10.8. The zero-order chi connectivity index (χ0) is 42.6. The number of ketones is 2. The summed E-state index contributed by atoms with van der Waals surface area (Å²) in [4.78, 5) is 39.1. The lowest BCUT2D eigenvalue weighted by atomic mass is 9.88. The molecule has 0 bridgehead atoms. The number of aryl methyl sites for hydroxylation is 2. The molecule has 8 nitrogen and oxygen atoms in total. The van der Waals surface area contributed by atoms with E-state index in [1.54, 1.807) is 24.3 Å². The lowest BCUT2D eigenvalue weighted by molar-refractivity contribution is -0.00272. The number of likely N-dealkylation sites (N-methyl/N-ethyl adjacent to an activating group) is 2. The molecule has 10 rings (SSSR count). The average Bonchev–Trinajstić information content (AvgIpc) is 3.77. The summed E-state index contributed by atoms with van der Waals surface area (Å²) in [5.74, 6) is -3.98. The Balaban J connectivity index is 0.000000156. The molecule has 4 aromatic rings. The van der Waals surface area contributed by atoms with Crippen LogP contribution in [0.25, 0.3) is 0 Å². The molecule has 0 radical (unpaired) electrons. The molecular formula is C50H59F3N6O2. The maximum absolute atomic E-state index is 14.7. The van der Waals surface area contributed by atoms with Crippen LogP contribution in [0, 0.1) is 13.8 Å². The number of carbonyl (C=O) groups excluding carboxylic acids is 2. The summed E-state index contributed by atoms with van der Waals surface area (Å²) in [6.07, 6.45) is 0.478. The molecule has 2 fully saturated rings. The van der Waals surface area contributed by atoms with Crippen LogP contribution in [0.4, 0.5) is 35.9 Å². The number of anilines is 4. The number of fused-ring (bicyclic) bond motifs is 6. The van der Waals surface area contributed by atoms with Gasteiger partial charge >= 0.3 is 5.92 Å². The largest absolute Gasteiger partial charge is 0.371 e. The zero-order valence-corrected chi connectivity index (χ0v) is 36.0. The Kier molecular flexibility index (Phi) is 11.4. The van der Waals surface area contributed by atoms with Gasteiger partial charge < -0.3 is 29.4 Å². The van der Waals surface area contributed by atoms with Crippen molar-refractivity contribution < 1.29 is 22.8 Å². The number of carbonyl (C=O) groups is 2. The minimum Gasteiger partial charge on any atom is -0.371 e. The quantitative estimate of drug-likeness (QED) is 0.148. The number of para-hydroxylation sites is 2. The van der Waals surface area contributed by atoms with Crippen LogP contribution in [-0.2, 0) is 0 Å². The second-order valence-corrected chi connectivity index (χ2v) is 18.3. The van der Waals surface area contributed by atoms with E-state index in [2.05, 4.69) is 79.9 Å². The number of rotatable bonds is 10. The molecule has 6 aliphatic heterocycles. The highest BCUT2D eigenvalue weighted by molar-refractivity contribution is 6.01. The van der Waals surface area contributed by atoms with Gasteiger partial charge in [-0.05, 0) is 56.4 Å². The fourth-order valence-electron chi connectivity index (χ4n) is 11.0. The van der Waals surface area contributed by atoms with Crippen molar-refractivity contribution in [3.63, 3.8) is 0 Å². The maximum atomic E-state index is 14.7. The third kappa shape index (κ3) is 7.93. The van der Waals surface area contributed by atoms with Crippen LogP contribution in [-0.4, -0.2) is 125 Å².